The second-order valence-corrected chi connectivity index (χ2v) is 8.42. The normalized spacial score (nSPS) is 18.5. The molecule has 0 radical (unpaired) electrons. The molecule has 0 aliphatic carbocycles. The van der Waals surface area contributed by atoms with Gasteiger partial charge in [0.2, 0.25) is 10.0 Å². The van der Waals surface area contributed by atoms with E-state index >= 15 is 0 Å². The summed E-state index contributed by atoms with van der Waals surface area (Å²) in [5.74, 6) is 0.0960. The van der Waals surface area contributed by atoms with E-state index in [-0.39, 0.29) is 11.8 Å². The Morgan fingerprint density at radius 2 is 2.00 bits per heavy atom. The minimum absolute atomic E-state index is 0.00974. The smallest absolute Gasteiger partial charge is 0.211 e. The predicted molar refractivity (Wildman–Crippen MR) is 94.0 cm³/mol. The van der Waals surface area contributed by atoms with Crippen molar-refractivity contribution in [1.29, 1.82) is 0 Å². The van der Waals surface area contributed by atoms with Crippen molar-refractivity contribution < 1.29 is 8.42 Å². The van der Waals surface area contributed by atoms with Crippen LogP contribution in [-0.2, 0) is 23.1 Å². The zero-order valence-electron chi connectivity index (χ0n) is 14.1. The first-order valence-corrected chi connectivity index (χ1v) is 9.89. The van der Waals surface area contributed by atoms with Crippen molar-refractivity contribution in [2.45, 2.75) is 33.0 Å². The first kappa shape index (κ1) is 17.1. The highest BCUT2D eigenvalue weighted by Crippen LogP contribution is 2.22. The van der Waals surface area contributed by atoms with Crippen LogP contribution in [0.5, 0.6) is 0 Å². The maximum atomic E-state index is 11.7. The van der Waals surface area contributed by atoms with Crippen LogP contribution in [0.25, 0.3) is 0 Å². The van der Waals surface area contributed by atoms with E-state index in [1.54, 1.807) is 13.1 Å². The van der Waals surface area contributed by atoms with E-state index in [4.69, 9.17) is 0 Å². The van der Waals surface area contributed by atoms with Crippen molar-refractivity contribution in [1.82, 2.24) is 19.4 Å². The van der Waals surface area contributed by atoms with Crippen LogP contribution in [0.1, 0.15) is 29.8 Å². The first-order valence-electron chi connectivity index (χ1n) is 8.24. The maximum Gasteiger partial charge on any atom is 0.211 e. The number of fused-ring (bicyclic) bond motifs is 1. The van der Waals surface area contributed by atoms with E-state index in [0.29, 0.717) is 6.54 Å². The lowest BCUT2D eigenvalue weighted by Crippen LogP contribution is -2.42. The lowest BCUT2D eigenvalue weighted by molar-refractivity contribution is 0.168. The molecule has 1 aromatic heterocycles. The lowest BCUT2D eigenvalue weighted by atomic mass is 10.1. The van der Waals surface area contributed by atoms with Crippen LogP contribution in [0, 0.1) is 6.92 Å². The van der Waals surface area contributed by atoms with Gasteiger partial charge in [0, 0.05) is 32.4 Å². The van der Waals surface area contributed by atoms with Crippen molar-refractivity contribution in [2.75, 3.05) is 18.8 Å². The number of sulfonamides is 1. The Kier molecular flexibility index (Phi) is 5.03. The molecule has 0 unspecified atom stereocenters. The zero-order valence-corrected chi connectivity index (χ0v) is 15.0. The Hall–Kier alpha value is -1.70. The van der Waals surface area contributed by atoms with Crippen molar-refractivity contribution in [3.63, 3.8) is 0 Å². The standard InChI is InChI=1S/C17H24N4O2S/c1-3-24(22,23)19-10-17-13-20(12-16-8-9-18-21(16)17)11-15-6-4-14(2)5-7-15/h4-9,17,19H,3,10-13H2,1-2H3/t17-/m1/s1. The largest absolute Gasteiger partial charge is 0.291 e. The van der Waals surface area contributed by atoms with Gasteiger partial charge in [-0.25, -0.2) is 13.1 Å². The summed E-state index contributed by atoms with van der Waals surface area (Å²) in [6, 6.07) is 10.6. The molecule has 0 spiro atoms. The summed E-state index contributed by atoms with van der Waals surface area (Å²) in [5, 5.41) is 4.37. The van der Waals surface area contributed by atoms with Gasteiger partial charge in [0.25, 0.3) is 0 Å². The molecule has 3 rings (SSSR count). The van der Waals surface area contributed by atoms with E-state index in [1.165, 1.54) is 11.1 Å². The summed E-state index contributed by atoms with van der Waals surface area (Å²) in [6.45, 7) is 6.54. The second-order valence-electron chi connectivity index (χ2n) is 6.33. The number of hydrogen-bond acceptors (Lipinski definition) is 4. The van der Waals surface area contributed by atoms with Crippen LogP contribution < -0.4 is 4.72 Å². The van der Waals surface area contributed by atoms with Gasteiger partial charge in [-0.15, -0.1) is 0 Å². The fourth-order valence-corrected chi connectivity index (χ4v) is 3.66. The van der Waals surface area contributed by atoms with Crippen LogP contribution in [0.15, 0.2) is 36.5 Å². The fraction of sp³-hybridized carbons (Fsp3) is 0.471. The van der Waals surface area contributed by atoms with E-state index in [1.807, 2.05) is 10.7 Å². The number of nitrogens with zero attached hydrogens (tertiary/aromatic N) is 3. The first-order chi connectivity index (χ1) is 11.5. The van der Waals surface area contributed by atoms with Crippen LogP contribution >= 0.6 is 0 Å². The topological polar surface area (TPSA) is 67.2 Å². The highest BCUT2D eigenvalue weighted by atomic mass is 32.2. The molecule has 2 aromatic rings. The predicted octanol–water partition coefficient (Wildman–Crippen LogP) is 1.69. The fourth-order valence-electron chi connectivity index (χ4n) is 3.01. The third-order valence-corrected chi connectivity index (χ3v) is 5.76. The minimum atomic E-state index is -3.20. The highest BCUT2D eigenvalue weighted by molar-refractivity contribution is 7.89. The lowest BCUT2D eigenvalue weighted by Gasteiger charge is -2.34. The third-order valence-electron chi connectivity index (χ3n) is 4.40. The summed E-state index contributed by atoms with van der Waals surface area (Å²) in [6.07, 6.45) is 1.78. The Bertz CT molecular complexity index is 783. The summed E-state index contributed by atoms with van der Waals surface area (Å²) in [5.41, 5.74) is 3.64. The monoisotopic (exact) mass is 348 g/mol. The zero-order chi connectivity index (χ0) is 17.2. The Morgan fingerprint density at radius 3 is 2.71 bits per heavy atom. The van der Waals surface area contributed by atoms with Crippen LogP contribution in [0.4, 0.5) is 0 Å². The molecule has 1 aromatic carbocycles. The van der Waals surface area contributed by atoms with E-state index < -0.39 is 10.0 Å². The van der Waals surface area contributed by atoms with Gasteiger partial charge in [0.1, 0.15) is 0 Å². The Balaban J connectivity index is 1.72. The number of aromatic nitrogens is 2. The molecule has 0 saturated carbocycles. The number of benzene rings is 1. The molecular formula is C17H24N4O2S. The third kappa shape index (κ3) is 4.03. The van der Waals surface area contributed by atoms with E-state index in [9.17, 15) is 8.42 Å². The molecule has 1 N–H and O–H groups in total. The molecule has 130 valence electrons. The summed E-state index contributed by atoms with van der Waals surface area (Å²) < 4.78 is 28.1. The molecule has 1 atom stereocenters. The van der Waals surface area contributed by atoms with Gasteiger partial charge in [-0.05, 0) is 25.5 Å². The highest BCUT2D eigenvalue weighted by Gasteiger charge is 2.26. The molecule has 0 amide bonds. The molecule has 0 saturated heterocycles. The molecule has 7 heteroatoms. The SMILES string of the molecule is CCS(=O)(=O)NC[C@@H]1CN(Cc2ccc(C)cc2)Cc2ccnn21. The average Bonchev–Trinajstić information content (AvgIpc) is 3.03. The summed E-state index contributed by atoms with van der Waals surface area (Å²) >= 11 is 0. The van der Waals surface area contributed by atoms with Crippen molar-refractivity contribution in [3.05, 3.63) is 53.3 Å². The van der Waals surface area contributed by atoms with E-state index in [2.05, 4.69) is 45.9 Å². The second kappa shape index (κ2) is 7.04. The van der Waals surface area contributed by atoms with Gasteiger partial charge in [-0.2, -0.15) is 5.10 Å². The molecule has 6 nitrogen and oxygen atoms in total. The molecular weight excluding hydrogens is 324 g/mol. The molecule has 0 bridgehead atoms. The van der Waals surface area contributed by atoms with Gasteiger partial charge >= 0.3 is 0 Å². The number of rotatable bonds is 6. The van der Waals surface area contributed by atoms with Crippen molar-refractivity contribution in [3.8, 4) is 0 Å². The number of aryl methyl sites for hydroxylation is 1. The quantitative estimate of drug-likeness (QED) is 0.863. The molecule has 2 heterocycles. The molecule has 0 fully saturated rings. The van der Waals surface area contributed by atoms with Gasteiger partial charge in [-0.1, -0.05) is 29.8 Å². The summed E-state index contributed by atoms with van der Waals surface area (Å²) in [4.78, 5) is 2.34. The average molecular weight is 348 g/mol. The van der Waals surface area contributed by atoms with Crippen LogP contribution in [0.3, 0.4) is 0 Å². The maximum absolute atomic E-state index is 11.7. The molecule has 24 heavy (non-hydrogen) atoms. The van der Waals surface area contributed by atoms with Crippen LogP contribution in [-0.4, -0.2) is 41.9 Å². The number of hydrogen-bond donors (Lipinski definition) is 1. The van der Waals surface area contributed by atoms with E-state index in [0.717, 1.165) is 25.3 Å². The van der Waals surface area contributed by atoms with Gasteiger partial charge in [0.05, 0.1) is 17.5 Å². The Morgan fingerprint density at radius 1 is 1.25 bits per heavy atom. The minimum Gasteiger partial charge on any atom is -0.291 e. The summed E-state index contributed by atoms with van der Waals surface area (Å²) in [7, 11) is -3.20. The molecule has 1 aliphatic heterocycles. The van der Waals surface area contributed by atoms with Gasteiger partial charge in [-0.3, -0.25) is 9.58 Å². The van der Waals surface area contributed by atoms with Crippen LogP contribution in [0.2, 0.25) is 0 Å². The van der Waals surface area contributed by atoms with Crippen molar-refractivity contribution >= 4 is 10.0 Å². The Labute approximate surface area is 143 Å². The van der Waals surface area contributed by atoms with Crippen molar-refractivity contribution in [2.24, 2.45) is 0 Å². The number of nitrogens with one attached hydrogen (secondary N) is 1. The van der Waals surface area contributed by atoms with Gasteiger partial charge in [0.15, 0.2) is 0 Å². The molecule has 1 aliphatic rings. The van der Waals surface area contributed by atoms with Gasteiger partial charge < -0.3 is 0 Å².